The molecule has 0 atom stereocenters. The molecule has 0 amide bonds. The summed E-state index contributed by atoms with van der Waals surface area (Å²) in [5.41, 5.74) is 5.24. The number of ketones is 1. The van der Waals surface area contributed by atoms with Crippen molar-refractivity contribution in [2.45, 2.75) is 33.1 Å². The number of rotatable bonds is 2. The molecule has 0 unspecified atom stereocenters. The van der Waals surface area contributed by atoms with Crippen molar-refractivity contribution in [1.82, 2.24) is 4.98 Å². The highest BCUT2D eigenvalue weighted by atomic mass is 16.5. The topological polar surface area (TPSA) is 65.9 Å². The fourth-order valence-electron chi connectivity index (χ4n) is 3.41. The zero-order valence-corrected chi connectivity index (χ0v) is 14.6. The van der Waals surface area contributed by atoms with Crippen molar-refractivity contribution >= 4 is 11.9 Å². The third-order valence-electron chi connectivity index (χ3n) is 4.82. The Morgan fingerprint density at radius 1 is 1.38 bits per heavy atom. The molecule has 0 fully saturated rings. The first-order valence-corrected chi connectivity index (χ1v) is 7.86. The van der Waals surface area contributed by atoms with Crippen LogP contribution in [-0.4, -0.2) is 17.9 Å². The van der Waals surface area contributed by atoms with Crippen LogP contribution in [0.25, 0.3) is 6.08 Å². The van der Waals surface area contributed by atoms with Gasteiger partial charge in [0.2, 0.25) is 0 Å². The summed E-state index contributed by atoms with van der Waals surface area (Å²) in [7, 11) is 1.60. The van der Waals surface area contributed by atoms with Gasteiger partial charge in [-0.3, -0.25) is 4.79 Å². The minimum atomic E-state index is -0.331. The molecule has 1 N–H and O–H groups in total. The molecule has 0 spiro atoms. The number of nitrogens with zero attached hydrogens (tertiary/aromatic N) is 1. The lowest BCUT2D eigenvalue weighted by atomic mass is 9.71. The van der Waals surface area contributed by atoms with Crippen LogP contribution in [0, 0.1) is 18.3 Å². The van der Waals surface area contributed by atoms with Gasteiger partial charge in [0.05, 0.1) is 13.2 Å². The second-order valence-electron chi connectivity index (χ2n) is 6.72. The van der Waals surface area contributed by atoms with Crippen molar-refractivity contribution in [3.63, 3.8) is 0 Å². The first-order valence-electron chi connectivity index (χ1n) is 7.86. The van der Waals surface area contributed by atoms with E-state index in [1.54, 1.807) is 20.1 Å². The largest absolute Gasteiger partial charge is 0.497 e. The van der Waals surface area contributed by atoms with E-state index in [0.29, 0.717) is 22.4 Å². The molecule has 3 rings (SSSR count). The maximum atomic E-state index is 13.1. The maximum Gasteiger partial charge on any atom is 0.195 e. The Balaban J connectivity index is 2.28. The molecule has 1 aromatic heterocycles. The first-order chi connectivity index (χ1) is 11.3. The number of carbonyl (C=O) groups is 1. The number of allylic oxidation sites excluding steroid dienone is 1. The summed E-state index contributed by atoms with van der Waals surface area (Å²) >= 11 is 0. The number of fused-ring (bicyclic) bond motifs is 2. The number of aromatic amines is 1. The van der Waals surface area contributed by atoms with Crippen LogP contribution < -0.4 is 4.74 Å². The Morgan fingerprint density at radius 2 is 2.08 bits per heavy atom. The number of nitriles is 1. The number of hydrogen-bond donors (Lipinski definition) is 1. The van der Waals surface area contributed by atoms with Crippen LogP contribution in [0.3, 0.4) is 0 Å². The number of carbonyl (C=O) groups excluding carboxylic acids is 1. The molecule has 0 bridgehead atoms. The van der Waals surface area contributed by atoms with Gasteiger partial charge in [-0.2, -0.15) is 5.26 Å². The zero-order valence-electron chi connectivity index (χ0n) is 14.6. The number of benzene rings is 1. The quantitative estimate of drug-likeness (QED) is 0.846. The fraction of sp³-hybridized carbons (Fsp3) is 0.300. The highest BCUT2D eigenvalue weighted by molar-refractivity contribution is 6.14. The van der Waals surface area contributed by atoms with Gasteiger partial charge in [-0.25, -0.2) is 0 Å². The van der Waals surface area contributed by atoms with Gasteiger partial charge in [0.1, 0.15) is 5.75 Å². The summed E-state index contributed by atoms with van der Waals surface area (Å²) in [6.07, 6.45) is 1.79. The molecule has 0 radical (unpaired) electrons. The Labute approximate surface area is 141 Å². The van der Waals surface area contributed by atoms with Crippen molar-refractivity contribution in [3.8, 4) is 11.8 Å². The molecule has 24 heavy (non-hydrogen) atoms. The van der Waals surface area contributed by atoms with E-state index in [1.807, 2.05) is 25.1 Å². The van der Waals surface area contributed by atoms with Gasteiger partial charge in [-0.05, 0) is 43.2 Å². The van der Waals surface area contributed by atoms with E-state index >= 15 is 0 Å². The van der Waals surface area contributed by atoms with E-state index in [2.05, 4.69) is 24.9 Å². The zero-order chi connectivity index (χ0) is 17.6. The van der Waals surface area contributed by atoms with Gasteiger partial charge in [-0.15, -0.1) is 0 Å². The van der Waals surface area contributed by atoms with Crippen LogP contribution in [0.1, 0.15) is 59.2 Å². The highest BCUT2D eigenvalue weighted by Gasteiger charge is 2.40. The minimum absolute atomic E-state index is 0.00114. The third kappa shape index (κ3) is 2.16. The van der Waals surface area contributed by atoms with Gasteiger partial charge in [0, 0.05) is 33.5 Å². The molecule has 2 aromatic rings. The van der Waals surface area contributed by atoms with Crippen molar-refractivity contribution in [3.05, 3.63) is 57.4 Å². The molecular weight excluding hydrogens is 300 g/mol. The Hall–Kier alpha value is -2.80. The SMILES string of the molecule is COc1ccc2c(c1)C(=O)c1c([nH]c(/C=C(\C)C#N)c1C)C2(C)C. The van der Waals surface area contributed by atoms with Gasteiger partial charge in [0.15, 0.2) is 5.78 Å². The average Bonchev–Trinajstić information content (AvgIpc) is 2.90. The van der Waals surface area contributed by atoms with Crippen molar-refractivity contribution in [2.24, 2.45) is 0 Å². The fourth-order valence-corrected chi connectivity index (χ4v) is 3.41. The second kappa shape index (κ2) is 5.38. The summed E-state index contributed by atoms with van der Waals surface area (Å²) < 4.78 is 5.28. The monoisotopic (exact) mass is 320 g/mol. The minimum Gasteiger partial charge on any atom is -0.497 e. The standard InChI is InChI=1S/C20H20N2O2/c1-11(10-21)8-16-12(2)17-18(23)14-9-13(24-5)6-7-15(14)20(3,4)19(17)22-16/h6-9,22H,1-5H3/b11-8+. The summed E-state index contributed by atoms with van der Waals surface area (Å²) in [5.74, 6) is 0.677. The van der Waals surface area contributed by atoms with Crippen molar-refractivity contribution in [1.29, 1.82) is 5.26 Å². The van der Waals surface area contributed by atoms with E-state index in [0.717, 1.165) is 22.5 Å². The number of ether oxygens (including phenoxy) is 1. The molecule has 1 aliphatic carbocycles. The first kappa shape index (κ1) is 16.1. The van der Waals surface area contributed by atoms with Crippen LogP contribution in [0.15, 0.2) is 23.8 Å². The molecule has 0 saturated carbocycles. The Morgan fingerprint density at radius 3 is 2.71 bits per heavy atom. The van der Waals surface area contributed by atoms with Crippen molar-refractivity contribution < 1.29 is 9.53 Å². The predicted molar refractivity (Wildman–Crippen MR) is 93.3 cm³/mol. The van der Waals surface area contributed by atoms with E-state index < -0.39 is 0 Å². The van der Waals surface area contributed by atoms with E-state index in [-0.39, 0.29) is 11.2 Å². The van der Waals surface area contributed by atoms with Gasteiger partial charge < -0.3 is 9.72 Å². The number of methoxy groups -OCH3 is 1. The summed E-state index contributed by atoms with van der Waals surface area (Å²) in [5, 5.41) is 9.03. The molecule has 4 nitrogen and oxygen atoms in total. The third-order valence-corrected chi connectivity index (χ3v) is 4.82. The average molecular weight is 320 g/mol. The van der Waals surface area contributed by atoms with E-state index in [1.165, 1.54) is 0 Å². The summed E-state index contributed by atoms with van der Waals surface area (Å²) in [6, 6.07) is 7.78. The van der Waals surface area contributed by atoms with Gasteiger partial charge >= 0.3 is 0 Å². The van der Waals surface area contributed by atoms with Crippen LogP contribution in [0.4, 0.5) is 0 Å². The van der Waals surface area contributed by atoms with E-state index in [4.69, 9.17) is 10.00 Å². The number of aromatic nitrogens is 1. The molecule has 0 aliphatic heterocycles. The molecular formula is C20H20N2O2. The lowest BCUT2D eigenvalue weighted by Crippen LogP contribution is -2.30. The summed E-state index contributed by atoms with van der Waals surface area (Å²) in [4.78, 5) is 16.5. The number of nitrogens with one attached hydrogen (secondary N) is 1. The summed E-state index contributed by atoms with van der Waals surface area (Å²) in [6.45, 7) is 7.88. The lowest BCUT2D eigenvalue weighted by molar-refractivity contribution is 0.103. The molecule has 1 aromatic carbocycles. The number of H-pyrrole nitrogens is 1. The predicted octanol–water partition coefficient (Wildman–Crippen LogP) is 4.13. The van der Waals surface area contributed by atoms with Gasteiger partial charge in [-0.1, -0.05) is 19.9 Å². The smallest absolute Gasteiger partial charge is 0.195 e. The van der Waals surface area contributed by atoms with Crippen LogP contribution in [-0.2, 0) is 5.41 Å². The molecule has 1 aliphatic rings. The highest BCUT2D eigenvalue weighted by Crippen LogP contribution is 2.43. The molecule has 122 valence electrons. The Kier molecular flexibility index (Phi) is 3.60. The molecule has 4 heteroatoms. The van der Waals surface area contributed by atoms with Crippen LogP contribution >= 0.6 is 0 Å². The second-order valence-corrected chi connectivity index (χ2v) is 6.72. The normalized spacial score (nSPS) is 15.5. The van der Waals surface area contributed by atoms with Gasteiger partial charge in [0.25, 0.3) is 0 Å². The maximum absolute atomic E-state index is 13.1. The van der Waals surface area contributed by atoms with Crippen molar-refractivity contribution in [2.75, 3.05) is 7.11 Å². The van der Waals surface area contributed by atoms with Crippen LogP contribution in [0.5, 0.6) is 5.75 Å². The lowest BCUT2D eigenvalue weighted by Gasteiger charge is -2.32. The number of hydrogen-bond acceptors (Lipinski definition) is 3. The van der Waals surface area contributed by atoms with E-state index in [9.17, 15) is 4.79 Å². The molecule has 1 heterocycles. The van der Waals surface area contributed by atoms with Crippen LogP contribution in [0.2, 0.25) is 0 Å². The molecule has 0 saturated heterocycles. The Bertz CT molecular complexity index is 924.